The summed E-state index contributed by atoms with van der Waals surface area (Å²) in [6.07, 6.45) is 3.15. The van der Waals surface area contributed by atoms with E-state index in [9.17, 15) is 4.79 Å². The fourth-order valence-electron chi connectivity index (χ4n) is 2.13. The zero-order valence-corrected chi connectivity index (χ0v) is 11.9. The van der Waals surface area contributed by atoms with Gasteiger partial charge in [-0.2, -0.15) is 0 Å². The van der Waals surface area contributed by atoms with Crippen LogP contribution in [-0.2, 0) is 7.05 Å². The minimum Gasteiger partial charge on any atom is -0.338 e. The van der Waals surface area contributed by atoms with Crippen LogP contribution >= 0.6 is 11.6 Å². The van der Waals surface area contributed by atoms with Gasteiger partial charge < -0.3 is 4.57 Å². The summed E-state index contributed by atoms with van der Waals surface area (Å²) in [6.45, 7) is 0. The number of aryl methyl sites for hydroxylation is 1. The number of halogens is 1. The number of fused-ring (bicyclic) bond motifs is 1. The Labute approximate surface area is 125 Å². The molecule has 0 saturated heterocycles. The third-order valence-corrected chi connectivity index (χ3v) is 3.50. The Hall–Kier alpha value is -2.60. The van der Waals surface area contributed by atoms with Gasteiger partial charge in [0.05, 0.1) is 5.02 Å². The summed E-state index contributed by atoms with van der Waals surface area (Å²) in [7, 11) is 1.79. The molecule has 0 radical (unpaired) electrons. The van der Waals surface area contributed by atoms with Gasteiger partial charge in [0.1, 0.15) is 5.69 Å². The maximum atomic E-state index is 12.3. The van der Waals surface area contributed by atoms with Gasteiger partial charge in [0, 0.05) is 30.3 Å². The zero-order chi connectivity index (χ0) is 14.8. The van der Waals surface area contributed by atoms with Crippen LogP contribution in [0.2, 0.25) is 5.02 Å². The van der Waals surface area contributed by atoms with E-state index >= 15 is 0 Å². The number of benzene rings is 1. The Morgan fingerprint density at radius 3 is 2.62 bits per heavy atom. The van der Waals surface area contributed by atoms with E-state index < -0.39 is 0 Å². The summed E-state index contributed by atoms with van der Waals surface area (Å²) in [5, 5.41) is 1.25. The summed E-state index contributed by atoms with van der Waals surface area (Å²) >= 11 is 6.30. The first-order chi connectivity index (χ1) is 10.2. The molecule has 0 aliphatic carbocycles. The number of nitrogens with one attached hydrogen (secondary N) is 2. The predicted molar refractivity (Wildman–Crippen MR) is 81.0 cm³/mol. The highest BCUT2D eigenvalue weighted by Crippen LogP contribution is 2.29. The molecular weight excluding hydrogens is 290 g/mol. The van der Waals surface area contributed by atoms with Crippen LogP contribution in [0.3, 0.4) is 0 Å². The van der Waals surface area contributed by atoms with Gasteiger partial charge in [-0.25, -0.2) is 9.97 Å². The number of hydrogen-bond acceptors (Lipinski definition) is 4. The minimum atomic E-state index is -0.355. The lowest BCUT2D eigenvalue weighted by Gasteiger charge is -2.08. The number of hydrogen-bond donors (Lipinski definition) is 2. The Morgan fingerprint density at radius 2 is 1.90 bits per heavy atom. The van der Waals surface area contributed by atoms with E-state index in [2.05, 4.69) is 20.8 Å². The average molecular weight is 302 g/mol. The lowest BCUT2D eigenvalue weighted by molar-refractivity contribution is 0.0955. The Kier molecular flexibility index (Phi) is 3.45. The van der Waals surface area contributed by atoms with Crippen molar-refractivity contribution in [3.8, 4) is 0 Å². The van der Waals surface area contributed by atoms with Crippen LogP contribution < -0.4 is 10.9 Å². The van der Waals surface area contributed by atoms with Crippen molar-refractivity contribution in [3.63, 3.8) is 0 Å². The van der Waals surface area contributed by atoms with Crippen molar-refractivity contribution >= 4 is 34.4 Å². The number of aromatic nitrogens is 3. The molecule has 0 spiro atoms. The molecule has 0 aliphatic rings. The summed E-state index contributed by atoms with van der Waals surface area (Å²) in [4.78, 5) is 20.2. The Balaban J connectivity index is 1.88. The largest absolute Gasteiger partial charge is 0.338 e. The van der Waals surface area contributed by atoms with Gasteiger partial charge in [-0.3, -0.25) is 15.6 Å². The van der Waals surface area contributed by atoms with Crippen LogP contribution in [0.5, 0.6) is 0 Å². The van der Waals surface area contributed by atoms with E-state index in [1.165, 1.54) is 0 Å². The highest BCUT2D eigenvalue weighted by atomic mass is 35.5. The highest BCUT2D eigenvalue weighted by molar-refractivity contribution is 6.38. The topological polar surface area (TPSA) is 71.8 Å². The maximum absolute atomic E-state index is 12.3. The van der Waals surface area contributed by atoms with Crippen molar-refractivity contribution in [1.82, 2.24) is 20.0 Å². The van der Waals surface area contributed by atoms with E-state index in [1.54, 1.807) is 30.1 Å². The number of hydrazine groups is 1. The van der Waals surface area contributed by atoms with E-state index in [1.807, 2.05) is 24.3 Å². The molecule has 0 aliphatic heterocycles. The maximum Gasteiger partial charge on any atom is 0.287 e. The van der Waals surface area contributed by atoms with Crippen LogP contribution in [-0.4, -0.2) is 20.4 Å². The van der Waals surface area contributed by atoms with E-state index in [0.717, 1.165) is 10.9 Å². The molecule has 1 aromatic carbocycles. The fourth-order valence-corrected chi connectivity index (χ4v) is 2.51. The SMILES string of the molecule is Cn1c(C(=O)NNc2ncccn2)c(Cl)c2ccccc21. The molecule has 0 fully saturated rings. The number of carbonyl (C=O) groups is 1. The van der Waals surface area contributed by atoms with Gasteiger partial charge in [0.15, 0.2) is 0 Å². The molecule has 7 heteroatoms. The number of carbonyl (C=O) groups excluding carboxylic acids is 1. The van der Waals surface area contributed by atoms with Crippen LogP contribution in [0, 0.1) is 0 Å². The molecule has 3 aromatic rings. The van der Waals surface area contributed by atoms with Gasteiger partial charge in [-0.15, -0.1) is 0 Å². The number of nitrogens with zero attached hydrogens (tertiary/aromatic N) is 3. The van der Waals surface area contributed by atoms with E-state index in [4.69, 9.17) is 11.6 Å². The van der Waals surface area contributed by atoms with E-state index in [-0.39, 0.29) is 5.91 Å². The molecule has 0 unspecified atom stereocenters. The lowest BCUT2D eigenvalue weighted by Crippen LogP contribution is -2.31. The Morgan fingerprint density at radius 1 is 1.19 bits per heavy atom. The quantitative estimate of drug-likeness (QED) is 0.729. The van der Waals surface area contributed by atoms with Crippen molar-refractivity contribution in [1.29, 1.82) is 0 Å². The number of rotatable bonds is 3. The van der Waals surface area contributed by atoms with Crippen molar-refractivity contribution < 1.29 is 4.79 Å². The van der Waals surface area contributed by atoms with Gasteiger partial charge in [0.2, 0.25) is 5.95 Å². The third-order valence-electron chi connectivity index (χ3n) is 3.11. The number of anilines is 1. The second kappa shape index (κ2) is 5.41. The summed E-state index contributed by atoms with van der Waals surface area (Å²) in [6, 6.07) is 9.25. The monoisotopic (exact) mass is 301 g/mol. The van der Waals surface area contributed by atoms with Crippen molar-refractivity contribution in [2.45, 2.75) is 0 Å². The highest BCUT2D eigenvalue weighted by Gasteiger charge is 2.19. The van der Waals surface area contributed by atoms with Gasteiger partial charge in [-0.1, -0.05) is 29.8 Å². The van der Waals surface area contributed by atoms with Crippen LogP contribution in [0.1, 0.15) is 10.5 Å². The molecule has 21 heavy (non-hydrogen) atoms. The molecule has 1 amide bonds. The fraction of sp³-hybridized carbons (Fsp3) is 0.0714. The summed E-state index contributed by atoms with van der Waals surface area (Å²) < 4.78 is 1.75. The van der Waals surface area contributed by atoms with Crippen molar-refractivity contribution in [3.05, 3.63) is 53.4 Å². The molecule has 2 aromatic heterocycles. The van der Waals surface area contributed by atoms with Crippen LogP contribution in [0.25, 0.3) is 10.9 Å². The van der Waals surface area contributed by atoms with Gasteiger partial charge in [-0.05, 0) is 12.1 Å². The standard InChI is InChI=1S/C14H12ClN5O/c1-20-10-6-3-2-5-9(10)11(15)12(20)13(21)18-19-14-16-7-4-8-17-14/h2-8H,1H3,(H,18,21)(H,16,17,19). The molecule has 0 bridgehead atoms. The third kappa shape index (κ3) is 2.41. The van der Waals surface area contributed by atoms with Gasteiger partial charge in [0.25, 0.3) is 5.91 Å². The van der Waals surface area contributed by atoms with E-state index in [0.29, 0.717) is 16.7 Å². The number of amides is 1. The molecule has 0 atom stereocenters. The predicted octanol–water partition coefficient (Wildman–Crippen LogP) is 2.38. The van der Waals surface area contributed by atoms with Crippen LogP contribution in [0.4, 0.5) is 5.95 Å². The lowest BCUT2D eigenvalue weighted by atomic mass is 10.2. The summed E-state index contributed by atoms with van der Waals surface area (Å²) in [5.74, 6) is -0.0492. The second-order valence-corrected chi connectivity index (χ2v) is 4.77. The molecular formula is C14H12ClN5O. The van der Waals surface area contributed by atoms with Gasteiger partial charge >= 0.3 is 0 Å². The first-order valence-electron chi connectivity index (χ1n) is 6.25. The Bertz CT molecular complexity index is 761. The molecule has 2 N–H and O–H groups in total. The minimum absolute atomic E-state index is 0.306. The normalized spacial score (nSPS) is 10.6. The second-order valence-electron chi connectivity index (χ2n) is 4.39. The molecule has 3 rings (SSSR count). The smallest absolute Gasteiger partial charge is 0.287 e. The van der Waals surface area contributed by atoms with Crippen molar-refractivity contribution in [2.24, 2.45) is 7.05 Å². The van der Waals surface area contributed by atoms with Crippen molar-refractivity contribution in [2.75, 3.05) is 5.43 Å². The van der Waals surface area contributed by atoms with Crippen LogP contribution in [0.15, 0.2) is 42.7 Å². The molecule has 6 nitrogen and oxygen atoms in total. The first-order valence-corrected chi connectivity index (χ1v) is 6.62. The average Bonchev–Trinajstić information content (AvgIpc) is 2.78. The molecule has 2 heterocycles. The zero-order valence-electron chi connectivity index (χ0n) is 11.2. The first kappa shape index (κ1) is 13.4. The molecule has 0 saturated carbocycles. The molecule has 106 valence electrons. The summed E-state index contributed by atoms with van der Waals surface area (Å²) in [5.41, 5.74) is 6.46. The number of para-hydroxylation sites is 1.